The zero-order valence-corrected chi connectivity index (χ0v) is 13.1. The molecular weight excluding hydrogens is 358 g/mol. The number of hydrogen-bond donors (Lipinski definition) is 1. The normalized spacial score (nSPS) is 13.5. The minimum Gasteiger partial charge on any atom is -0.490 e. The molecule has 0 aliphatic rings. The molecule has 0 aliphatic carbocycles. The van der Waals surface area contributed by atoms with Gasteiger partial charge in [0, 0.05) is 7.11 Å². The van der Waals surface area contributed by atoms with Gasteiger partial charge < -0.3 is 14.8 Å². The lowest BCUT2D eigenvalue weighted by molar-refractivity contribution is -0.150. The molecule has 3 nitrogen and oxygen atoms in total. The van der Waals surface area contributed by atoms with Crippen molar-refractivity contribution < 1.29 is 27.0 Å². The SMILES string of the molecule is CNC(c1ccc(OCCOC)c(Br)c1)C(F)(F)C(F)F. The lowest BCUT2D eigenvalue weighted by Gasteiger charge is -2.26. The van der Waals surface area contributed by atoms with Gasteiger partial charge in [-0.1, -0.05) is 6.07 Å². The van der Waals surface area contributed by atoms with E-state index in [9.17, 15) is 17.6 Å². The van der Waals surface area contributed by atoms with E-state index in [-0.39, 0.29) is 12.2 Å². The van der Waals surface area contributed by atoms with Gasteiger partial charge in [-0.15, -0.1) is 0 Å². The van der Waals surface area contributed by atoms with E-state index in [0.29, 0.717) is 16.8 Å². The van der Waals surface area contributed by atoms with E-state index in [0.717, 1.165) is 0 Å². The Morgan fingerprint density at radius 1 is 1.29 bits per heavy atom. The molecule has 0 aromatic heterocycles. The maximum Gasteiger partial charge on any atom is 0.326 e. The second-order valence-corrected chi connectivity index (χ2v) is 5.08. The number of alkyl halides is 4. The van der Waals surface area contributed by atoms with Crippen LogP contribution in [0.25, 0.3) is 0 Å². The molecule has 0 heterocycles. The maximum absolute atomic E-state index is 13.5. The molecular formula is C13H16BrF4NO2. The Labute approximate surface area is 128 Å². The number of hydrogen-bond acceptors (Lipinski definition) is 3. The average molecular weight is 374 g/mol. The van der Waals surface area contributed by atoms with Crippen molar-refractivity contribution in [2.24, 2.45) is 0 Å². The summed E-state index contributed by atoms with van der Waals surface area (Å²) in [5.74, 6) is -3.75. The summed E-state index contributed by atoms with van der Waals surface area (Å²) in [5.41, 5.74) is 0.0359. The van der Waals surface area contributed by atoms with Crippen LogP contribution >= 0.6 is 15.9 Å². The van der Waals surface area contributed by atoms with Gasteiger partial charge in [0.2, 0.25) is 0 Å². The summed E-state index contributed by atoms with van der Waals surface area (Å²) in [6.45, 7) is 0.661. The van der Waals surface area contributed by atoms with Crippen molar-refractivity contribution in [3.05, 3.63) is 28.2 Å². The van der Waals surface area contributed by atoms with Crippen LogP contribution in [0.3, 0.4) is 0 Å². The molecule has 0 saturated carbocycles. The van der Waals surface area contributed by atoms with Gasteiger partial charge in [0.1, 0.15) is 18.4 Å². The van der Waals surface area contributed by atoms with E-state index in [1.54, 1.807) is 0 Å². The van der Waals surface area contributed by atoms with Crippen LogP contribution in [0.15, 0.2) is 22.7 Å². The molecule has 0 bridgehead atoms. The topological polar surface area (TPSA) is 30.5 Å². The first-order valence-corrected chi connectivity index (χ1v) is 6.88. The number of methoxy groups -OCH3 is 1. The highest BCUT2D eigenvalue weighted by Crippen LogP contribution is 2.38. The standard InChI is InChI=1S/C13H16BrF4NO2/c1-19-11(13(17,18)12(15)16)8-3-4-10(9(14)7-8)21-6-5-20-2/h3-4,7,11-12,19H,5-6H2,1-2H3. The first-order valence-electron chi connectivity index (χ1n) is 6.09. The molecule has 8 heteroatoms. The van der Waals surface area contributed by atoms with Gasteiger partial charge in [0.25, 0.3) is 0 Å². The number of ether oxygens (including phenoxy) is 2. The van der Waals surface area contributed by atoms with E-state index >= 15 is 0 Å². The minimum absolute atomic E-state index is 0.0359. The van der Waals surface area contributed by atoms with Crippen molar-refractivity contribution in [2.45, 2.75) is 18.4 Å². The minimum atomic E-state index is -4.17. The van der Waals surface area contributed by atoms with Crippen molar-refractivity contribution in [3.8, 4) is 5.75 Å². The van der Waals surface area contributed by atoms with Gasteiger partial charge in [-0.05, 0) is 40.7 Å². The quantitative estimate of drug-likeness (QED) is 0.557. The van der Waals surface area contributed by atoms with Crippen molar-refractivity contribution >= 4 is 15.9 Å². The second-order valence-electron chi connectivity index (χ2n) is 4.23. The highest BCUT2D eigenvalue weighted by Gasteiger charge is 2.48. The van der Waals surface area contributed by atoms with E-state index < -0.39 is 18.4 Å². The Hall–Kier alpha value is -0.860. The Kier molecular flexibility index (Phi) is 6.89. The third-order valence-corrected chi connectivity index (χ3v) is 3.42. The highest BCUT2D eigenvalue weighted by molar-refractivity contribution is 9.10. The van der Waals surface area contributed by atoms with Crippen LogP contribution in [-0.2, 0) is 4.74 Å². The van der Waals surface area contributed by atoms with Crippen LogP contribution in [0.5, 0.6) is 5.75 Å². The zero-order valence-electron chi connectivity index (χ0n) is 11.5. The van der Waals surface area contributed by atoms with Crippen LogP contribution < -0.4 is 10.1 Å². The monoisotopic (exact) mass is 373 g/mol. The first kappa shape index (κ1) is 18.2. The van der Waals surface area contributed by atoms with Crippen LogP contribution in [0.4, 0.5) is 17.6 Å². The summed E-state index contributed by atoms with van der Waals surface area (Å²) in [5, 5.41) is 2.23. The lowest BCUT2D eigenvalue weighted by atomic mass is 10.0. The maximum atomic E-state index is 13.5. The predicted octanol–water partition coefficient (Wildman–Crippen LogP) is 3.64. The zero-order chi connectivity index (χ0) is 16.0. The van der Waals surface area contributed by atoms with Gasteiger partial charge in [-0.3, -0.25) is 0 Å². The molecule has 0 spiro atoms. The van der Waals surface area contributed by atoms with Gasteiger partial charge in [0.15, 0.2) is 0 Å². The fraction of sp³-hybridized carbons (Fsp3) is 0.538. The average Bonchev–Trinajstić information content (AvgIpc) is 2.41. The Morgan fingerprint density at radius 2 is 1.95 bits per heavy atom. The Bertz CT molecular complexity index is 460. The fourth-order valence-corrected chi connectivity index (χ4v) is 2.27. The van der Waals surface area contributed by atoms with Crippen molar-refractivity contribution in [3.63, 3.8) is 0 Å². The smallest absolute Gasteiger partial charge is 0.326 e. The first-order chi connectivity index (χ1) is 9.84. The molecule has 0 aliphatic heterocycles. The van der Waals surface area contributed by atoms with E-state index in [1.807, 2.05) is 0 Å². The molecule has 1 aromatic carbocycles. The number of nitrogens with one attached hydrogen (secondary N) is 1. The van der Waals surface area contributed by atoms with Crippen molar-refractivity contribution in [1.29, 1.82) is 0 Å². The third-order valence-electron chi connectivity index (χ3n) is 2.80. The summed E-state index contributed by atoms with van der Waals surface area (Å²) in [6, 6.07) is 2.31. The summed E-state index contributed by atoms with van der Waals surface area (Å²) < 4.78 is 62.5. The Balaban J connectivity index is 2.95. The molecule has 120 valence electrons. The van der Waals surface area contributed by atoms with E-state index in [4.69, 9.17) is 9.47 Å². The van der Waals surface area contributed by atoms with E-state index in [1.165, 1.54) is 32.4 Å². The predicted molar refractivity (Wildman–Crippen MR) is 74.3 cm³/mol. The number of halogens is 5. The van der Waals surface area contributed by atoms with E-state index in [2.05, 4.69) is 21.2 Å². The molecule has 0 saturated heterocycles. The molecule has 1 N–H and O–H groups in total. The second kappa shape index (κ2) is 7.95. The lowest BCUT2D eigenvalue weighted by Crippen LogP contribution is -2.41. The molecule has 0 radical (unpaired) electrons. The third kappa shape index (κ3) is 4.55. The van der Waals surface area contributed by atoms with Crippen molar-refractivity contribution in [2.75, 3.05) is 27.4 Å². The largest absolute Gasteiger partial charge is 0.490 e. The summed E-state index contributed by atoms with van der Waals surface area (Å²) >= 11 is 3.17. The van der Waals surface area contributed by atoms with Gasteiger partial charge in [-0.2, -0.15) is 8.78 Å². The molecule has 0 fully saturated rings. The highest BCUT2D eigenvalue weighted by atomic mass is 79.9. The van der Waals surface area contributed by atoms with Gasteiger partial charge >= 0.3 is 12.3 Å². The number of rotatable bonds is 8. The van der Waals surface area contributed by atoms with Crippen LogP contribution in [0, 0.1) is 0 Å². The fourth-order valence-electron chi connectivity index (χ4n) is 1.76. The number of benzene rings is 1. The molecule has 21 heavy (non-hydrogen) atoms. The Morgan fingerprint density at radius 3 is 2.43 bits per heavy atom. The molecule has 1 unspecified atom stereocenters. The van der Waals surface area contributed by atoms with Crippen molar-refractivity contribution in [1.82, 2.24) is 5.32 Å². The molecule has 1 aromatic rings. The van der Waals surface area contributed by atoms with Crippen LogP contribution in [-0.4, -0.2) is 39.7 Å². The van der Waals surface area contributed by atoms with Crippen LogP contribution in [0.1, 0.15) is 11.6 Å². The summed E-state index contributed by atoms with van der Waals surface area (Å²) in [6.07, 6.45) is -3.76. The summed E-state index contributed by atoms with van der Waals surface area (Å²) in [4.78, 5) is 0. The molecule has 1 atom stereocenters. The van der Waals surface area contributed by atoms with Gasteiger partial charge in [0.05, 0.1) is 11.1 Å². The van der Waals surface area contributed by atoms with Crippen LogP contribution in [0.2, 0.25) is 0 Å². The molecule has 0 amide bonds. The van der Waals surface area contributed by atoms with Gasteiger partial charge in [-0.25, -0.2) is 8.78 Å². The summed E-state index contributed by atoms with van der Waals surface area (Å²) in [7, 11) is 2.73. The molecule has 1 rings (SSSR count).